The molecule has 138 valence electrons. The highest BCUT2D eigenvalue weighted by molar-refractivity contribution is 6.04. The third kappa shape index (κ3) is 3.55. The summed E-state index contributed by atoms with van der Waals surface area (Å²) in [6.45, 7) is 7.50. The van der Waals surface area contributed by atoms with Crippen molar-refractivity contribution < 1.29 is 9.72 Å². The second kappa shape index (κ2) is 6.99. The Hall–Kier alpha value is -3.55. The van der Waals surface area contributed by atoms with Crippen molar-refractivity contribution in [2.45, 2.75) is 27.7 Å². The largest absolute Gasteiger partial charge is 0.320 e. The number of carbonyl (C=O) groups is 1. The van der Waals surface area contributed by atoms with Crippen LogP contribution in [0.4, 0.5) is 11.4 Å². The lowest BCUT2D eigenvalue weighted by atomic mass is 10.1. The number of carbonyl (C=O) groups excluding carboxylic acids is 1. The van der Waals surface area contributed by atoms with Gasteiger partial charge in [0.05, 0.1) is 16.3 Å². The summed E-state index contributed by atoms with van der Waals surface area (Å²) in [7, 11) is 0. The third-order valence-corrected chi connectivity index (χ3v) is 4.51. The van der Waals surface area contributed by atoms with E-state index in [9.17, 15) is 14.9 Å². The van der Waals surface area contributed by atoms with Crippen LogP contribution in [0.2, 0.25) is 0 Å². The van der Waals surface area contributed by atoms with Crippen LogP contribution >= 0.6 is 0 Å². The lowest BCUT2D eigenvalue weighted by Gasteiger charge is -2.08. The number of non-ortho nitro benzene ring substituents is 1. The molecule has 8 nitrogen and oxygen atoms in total. The van der Waals surface area contributed by atoms with Crippen molar-refractivity contribution in [1.82, 2.24) is 15.0 Å². The number of nitro groups is 1. The van der Waals surface area contributed by atoms with Crippen LogP contribution in [-0.4, -0.2) is 25.8 Å². The topological polar surface area (TPSA) is 103 Å². The first-order valence-corrected chi connectivity index (χ1v) is 8.34. The van der Waals surface area contributed by atoms with Gasteiger partial charge in [-0.05, 0) is 62.6 Å². The van der Waals surface area contributed by atoms with Crippen molar-refractivity contribution in [3.05, 3.63) is 74.6 Å². The summed E-state index contributed by atoms with van der Waals surface area (Å²) in [5.41, 5.74) is 4.98. The minimum atomic E-state index is -0.474. The zero-order valence-corrected chi connectivity index (χ0v) is 15.5. The van der Waals surface area contributed by atoms with Crippen molar-refractivity contribution in [2.24, 2.45) is 0 Å². The van der Waals surface area contributed by atoms with Gasteiger partial charge >= 0.3 is 0 Å². The number of nitrogens with zero attached hydrogens (tertiary/aromatic N) is 4. The first kappa shape index (κ1) is 18.2. The van der Waals surface area contributed by atoms with E-state index in [1.165, 1.54) is 23.8 Å². The van der Waals surface area contributed by atoms with E-state index >= 15 is 0 Å². The molecule has 1 N–H and O–H groups in total. The Labute approximate surface area is 156 Å². The highest BCUT2D eigenvalue weighted by Crippen LogP contribution is 2.22. The highest BCUT2D eigenvalue weighted by atomic mass is 16.6. The van der Waals surface area contributed by atoms with Gasteiger partial charge in [-0.15, -0.1) is 5.10 Å². The molecule has 27 heavy (non-hydrogen) atoms. The monoisotopic (exact) mass is 365 g/mol. The van der Waals surface area contributed by atoms with Gasteiger partial charge in [-0.3, -0.25) is 14.9 Å². The van der Waals surface area contributed by atoms with E-state index in [0.29, 0.717) is 16.9 Å². The molecular weight excluding hydrogens is 346 g/mol. The van der Waals surface area contributed by atoms with Crippen LogP contribution in [-0.2, 0) is 0 Å². The highest BCUT2D eigenvalue weighted by Gasteiger charge is 2.19. The first-order chi connectivity index (χ1) is 12.8. The minimum Gasteiger partial charge on any atom is -0.320 e. The summed E-state index contributed by atoms with van der Waals surface area (Å²) < 4.78 is 1.62. The SMILES string of the molecule is Cc1ccc(-n2nnc(C(=O)Nc3ccc([N+](=O)[O-])cc3C)c2C)cc1C. The molecule has 0 unspecified atom stereocenters. The minimum absolute atomic E-state index is 0.0256. The lowest BCUT2D eigenvalue weighted by Crippen LogP contribution is -2.15. The summed E-state index contributed by atoms with van der Waals surface area (Å²) >= 11 is 0. The maximum atomic E-state index is 12.6. The van der Waals surface area contributed by atoms with Crippen molar-refractivity contribution in [2.75, 3.05) is 5.32 Å². The molecular formula is C19H19N5O3. The second-order valence-corrected chi connectivity index (χ2v) is 6.41. The molecule has 0 aliphatic rings. The average molecular weight is 365 g/mol. The number of aromatic nitrogens is 3. The van der Waals surface area contributed by atoms with E-state index in [0.717, 1.165) is 11.3 Å². The molecule has 2 aromatic carbocycles. The molecule has 0 aliphatic carbocycles. The quantitative estimate of drug-likeness (QED) is 0.561. The van der Waals surface area contributed by atoms with E-state index in [4.69, 9.17) is 0 Å². The Morgan fingerprint density at radius 2 is 1.78 bits per heavy atom. The van der Waals surface area contributed by atoms with E-state index in [1.54, 1.807) is 18.5 Å². The zero-order chi connectivity index (χ0) is 19.7. The van der Waals surface area contributed by atoms with E-state index in [-0.39, 0.29) is 11.4 Å². The van der Waals surface area contributed by atoms with Crippen LogP contribution < -0.4 is 5.32 Å². The Kier molecular flexibility index (Phi) is 4.72. The number of nitro benzene ring substituents is 1. The molecule has 0 fully saturated rings. The average Bonchev–Trinajstić information content (AvgIpc) is 3.00. The molecule has 3 rings (SSSR count). The Bertz CT molecular complexity index is 1060. The maximum Gasteiger partial charge on any atom is 0.278 e. The molecule has 8 heteroatoms. The number of benzene rings is 2. The van der Waals surface area contributed by atoms with Crippen molar-refractivity contribution >= 4 is 17.3 Å². The van der Waals surface area contributed by atoms with Crippen LogP contribution in [0.15, 0.2) is 36.4 Å². The van der Waals surface area contributed by atoms with Crippen LogP contribution in [0.1, 0.15) is 32.9 Å². The van der Waals surface area contributed by atoms with E-state index in [2.05, 4.69) is 15.6 Å². The maximum absolute atomic E-state index is 12.6. The Morgan fingerprint density at radius 3 is 2.41 bits per heavy atom. The van der Waals surface area contributed by atoms with E-state index in [1.807, 2.05) is 32.0 Å². The van der Waals surface area contributed by atoms with Gasteiger partial charge in [0.25, 0.3) is 11.6 Å². The molecule has 0 saturated heterocycles. The molecule has 0 aliphatic heterocycles. The van der Waals surface area contributed by atoms with Gasteiger partial charge in [0.15, 0.2) is 5.69 Å². The van der Waals surface area contributed by atoms with Gasteiger partial charge < -0.3 is 5.32 Å². The summed E-state index contributed by atoms with van der Waals surface area (Å²) in [5.74, 6) is -0.417. The van der Waals surface area contributed by atoms with Gasteiger partial charge in [0.1, 0.15) is 0 Å². The standard InChI is InChI=1S/C19H19N5O3/c1-11-5-6-15(9-12(11)2)23-14(4)18(21-22-23)19(25)20-17-8-7-16(24(26)27)10-13(17)3/h5-10H,1-4H3,(H,20,25). The van der Waals surface area contributed by atoms with Gasteiger partial charge in [-0.1, -0.05) is 11.3 Å². The lowest BCUT2D eigenvalue weighted by molar-refractivity contribution is -0.384. The molecule has 1 heterocycles. The molecule has 0 spiro atoms. The fraction of sp³-hybridized carbons (Fsp3) is 0.211. The first-order valence-electron chi connectivity index (χ1n) is 8.34. The summed E-state index contributed by atoms with van der Waals surface area (Å²) in [5, 5.41) is 21.7. The molecule has 0 atom stereocenters. The number of amides is 1. The predicted octanol–water partition coefficient (Wildman–Crippen LogP) is 3.66. The third-order valence-electron chi connectivity index (χ3n) is 4.51. The second-order valence-electron chi connectivity index (χ2n) is 6.41. The van der Waals surface area contributed by atoms with Crippen LogP contribution in [0.3, 0.4) is 0 Å². The normalized spacial score (nSPS) is 10.7. The van der Waals surface area contributed by atoms with Crippen LogP contribution in [0.25, 0.3) is 5.69 Å². The number of aryl methyl sites for hydroxylation is 3. The number of hydrogen-bond acceptors (Lipinski definition) is 5. The number of hydrogen-bond donors (Lipinski definition) is 1. The van der Waals surface area contributed by atoms with Gasteiger partial charge in [-0.2, -0.15) is 0 Å². The van der Waals surface area contributed by atoms with Crippen molar-refractivity contribution in [3.63, 3.8) is 0 Å². The van der Waals surface area contributed by atoms with Crippen LogP contribution in [0, 0.1) is 37.8 Å². The zero-order valence-electron chi connectivity index (χ0n) is 15.5. The predicted molar refractivity (Wildman–Crippen MR) is 101 cm³/mol. The number of anilines is 1. The summed E-state index contributed by atoms with van der Waals surface area (Å²) in [4.78, 5) is 23.0. The molecule has 0 saturated carbocycles. The fourth-order valence-electron chi connectivity index (χ4n) is 2.72. The molecule has 0 radical (unpaired) electrons. The number of nitrogens with one attached hydrogen (secondary N) is 1. The Morgan fingerprint density at radius 1 is 1.04 bits per heavy atom. The fourth-order valence-corrected chi connectivity index (χ4v) is 2.72. The van der Waals surface area contributed by atoms with E-state index < -0.39 is 10.8 Å². The molecule has 0 bridgehead atoms. The number of rotatable bonds is 4. The summed E-state index contributed by atoms with van der Waals surface area (Å²) in [6, 6.07) is 10.2. The van der Waals surface area contributed by atoms with Gasteiger partial charge in [0, 0.05) is 17.8 Å². The molecule has 1 aromatic heterocycles. The van der Waals surface area contributed by atoms with Gasteiger partial charge in [0.2, 0.25) is 0 Å². The van der Waals surface area contributed by atoms with Crippen molar-refractivity contribution in [3.8, 4) is 5.69 Å². The molecule has 1 amide bonds. The van der Waals surface area contributed by atoms with Gasteiger partial charge in [-0.25, -0.2) is 4.68 Å². The van der Waals surface area contributed by atoms with Crippen LogP contribution in [0.5, 0.6) is 0 Å². The van der Waals surface area contributed by atoms with Crippen molar-refractivity contribution in [1.29, 1.82) is 0 Å². The smallest absolute Gasteiger partial charge is 0.278 e. The summed E-state index contributed by atoms with van der Waals surface area (Å²) in [6.07, 6.45) is 0. The molecule has 3 aromatic rings. The Balaban J connectivity index is 1.87.